The highest BCUT2D eigenvalue weighted by atomic mass is 16.5. The molecule has 2 aliphatic heterocycles. The number of fused-ring (bicyclic) bond motifs is 2. The fourth-order valence-electron chi connectivity index (χ4n) is 2.79. The molecule has 4 rings (SSSR count). The lowest BCUT2D eigenvalue weighted by Crippen LogP contribution is -2.22. The first-order valence-corrected chi connectivity index (χ1v) is 8.24. The maximum atomic E-state index is 11.2. The van der Waals surface area contributed by atoms with Gasteiger partial charge in [-0.25, -0.2) is 19.6 Å². The van der Waals surface area contributed by atoms with Crippen LogP contribution in [0.2, 0.25) is 0 Å². The van der Waals surface area contributed by atoms with Crippen molar-refractivity contribution in [1.82, 2.24) is 9.97 Å². The van der Waals surface area contributed by atoms with Gasteiger partial charge in [0.2, 0.25) is 0 Å². The topological polar surface area (TPSA) is 130 Å². The van der Waals surface area contributed by atoms with Gasteiger partial charge in [0, 0.05) is 11.8 Å². The molecule has 26 heavy (non-hydrogen) atoms. The summed E-state index contributed by atoms with van der Waals surface area (Å²) in [6.45, 7) is 4.69. The molecule has 4 heterocycles. The van der Waals surface area contributed by atoms with Crippen LogP contribution >= 0.6 is 0 Å². The minimum Gasteiger partial charge on any atom is -0.461 e. The lowest BCUT2D eigenvalue weighted by Gasteiger charge is -2.20. The van der Waals surface area contributed by atoms with Gasteiger partial charge in [-0.3, -0.25) is 0 Å². The number of hydrogen-bond donors (Lipinski definition) is 2. The number of nitrogens with zero attached hydrogens (tertiary/aromatic N) is 2. The zero-order valence-electron chi connectivity index (χ0n) is 14.6. The molecule has 2 aliphatic rings. The van der Waals surface area contributed by atoms with Gasteiger partial charge in [-0.1, -0.05) is 13.8 Å². The molecule has 0 radical (unpaired) electrons. The Morgan fingerprint density at radius 2 is 1.19 bits per heavy atom. The molecule has 4 N–H and O–H groups in total. The predicted octanol–water partition coefficient (Wildman–Crippen LogP) is 1.88. The molecule has 2 aromatic heterocycles. The Bertz CT molecular complexity index is 797. The minimum atomic E-state index is -0.305. The Morgan fingerprint density at radius 3 is 1.58 bits per heavy atom. The normalized spacial score (nSPS) is 20.7. The molecular formula is C18H20N4O4. The SMILES string of the molecule is C[C@@H]1COC(=O)c2ccc(N)nc21.C[C@H]1COC(=O)c2ccc(N)nc21. The average Bonchev–Trinajstić information content (AvgIpc) is 2.62. The third-order valence-corrected chi connectivity index (χ3v) is 4.19. The number of rotatable bonds is 0. The van der Waals surface area contributed by atoms with Gasteiger partial charge in [-0.05, 0) is 24.3 Å². The predicted molar refractivity (Wildman–Crippen MR) is 94.7 cm³/mol. The molecule has 0 saturated carbocycles. The van der Waals surface area contributed by atoms with Crippen LogP contribution in [0.3, 0.4) is 0 Å². The summed E-state index contributed by atoms with van der Waals surface area (Å²) in [5.74, 6) is 0.550. The van der Waals surface area contributed by atoms with Gasteiger partial charge in [0.05, 0.1) is 35.7 Å². The van der Waals surface area contributed by atoms with Crippen LogP contribution in [0.5, 0.6) is 0 Å². The van der Waals surface area contributed by atoms with E-state index in [1.165, 1.54) is 0 Å². The summed E-state index contributed by atoms with van der Waals surface area (Å²) in [6.07, 6.45) is 0. The maximum Gasteiger partial charge on any atom is 0.340 e. The van der Waals surface area contributed by atoms with Gasteiger partial charge in [0.15, 0.2) is 0 Å². The molecule has 8 heteroatoms. The first-order chi connectivity index (χ1) is 12.4. The van der Waals surface area contributed by atoms with Crippen LogP contribution in [0.25, 0.3) is 0 Å². The molecule has 0 aliphatic carbocycles. The number of carbonyl (C=O) groups is 2. The van der Waals surface area contributed by atoms with E-state index in [1.54, 1.807) is 24.3 Å². The molecular weight excluding hydrogens is 336 g/mol. The number of nitrogens with two attached hydrogens (primary N) is 2. The highest BCUT2D eigenvalue weighted by Gasteiger charge is 2.26. The Kier molecular flexibility index (Phi) is 4.75. The molecule has 0 saturated heterocycles. The first-order valence-electron chi connectivity index (χ1n) is 8.24. The Balaban J connectivity index is 0.000000151. The highest BCUT2D eigenvalue weighted by Crippen LogP contribution is 2.25. The molecule has 0 amide bonds. The van der Waals surface area contributed by atoms with Gasteiger partial charge >= 0.3 is 11.9 Å². The van der Waals surface area contributed by atoms with Crippen molar-refractivity contribution in [2.45, 2.75) is 25.7 Å². The van der Waals surface area contributed by atoms with Crippen molar-refractivity contribution in [3.63, 3.8) is 0 Å². The van der Waals surface area contributed by atoms with Crippen molar-refractivity contribution in [1.29, 1.82) is 0 Å². The number of pyridine rings is 2. The lowest BCUT2D eigenvalue weighted by molar-refractivity contribution is 0.0436. The van der Waals surface area contributed by atoms with E-state index in [1.807, 2.05) is 13.8 Å². The number of aromatic nitrogens is 2. The summed E-state index contributed by atoms with van der Waals surface area (Å²) in [6, 6.07) is 6.54. The summed E-state index contributed by atoms with van der Waals surface area (Å²) in [4.78, 5) is 30.7. The van der Waals surface area contributed by atoms with E-state index in [0.717, 1.165) is 11.4 Å². The van der Waals surface area contributed by atoms with Crippen molar-refractivity contribution >= 4 is 23.6 Å². The van der Waals surface area contributed by atoms with Crippen LogP contribution in [0.15, 0.2) is 24.3 Å². The highest BCUT2D eigenvalue weighted by molar-refractivity contribution is 5.92. The van der Waals surface area contributed by atoms with Crippen LogP contribution in [0.4, 0.5) is 11.6 Å². The number of esters is 2. The Morgan fingerprint density at radius 1 is 0.808 bits per heavy atom. The summed E-state index contributed by atoms with van der Waals surface area (Å²) in [5.41, 5.74) is 13.6. The summed E-state index contributed by atoms with van der Waals surface area (Å²) < 4.78 is 9.87. The zero-order chi connectivity index (χ0) is 18.8. The zero-order valence-corrected chi connectivity index (χ0v) is 14.6. The largest absolute Gasteiger partial charge is 0.461 e. The smallest absolute Gasteiger partial charge is 0.340 e. The third kappa shape index (κ3) is 3.44. The molecule has 0 aromatic carbocycles. The van der Waals surface area contributed by atoms with Gasteiger partial charge < -0.3 is 20.9 Å². The van der Waals surface area contributed by atoms with Crippen LogP contribution in [0, 0.1) is 0 Å². The van der Waals surface area contributed by atoms with E-state index in [0.29, 0.717) is 36.0 Å². The molecule has 0 spiro atoms. The average molecular weight is 356 g/mol. The van der Waals surface area contributed by atoms with Gasteiger partial charge in [-0.15, -0.1) is 0 Å². The van der Waals surface area contributed by atoms with Crippen LogP contribution in [-0.4, -0.2) is 35.1 Å². The van der Waals surface area contributed by atoms with E-state index >= 15 is 0 Å². The van der Waals surface area contributed by atoms with Crippen molar-refractivity contribution in [2.75, 3.05) is 24.7 Å². The van der Waals surface area contributed by atoms with E-state index in [9.17, 15) is 9.59 Å². The van der Waals surface area contributed by atoms with Crippen molar-refractivity contribution in [3.8, 4) is 0 Å². The van der Waals surface area contributed by atoms with Crippen molar-refractivity contribution < 1.29 is 19.1 Å². The van der Waals surface area contributed by atoms with E-state index in [4.69, 9.17) is 20.9 Å². The number of cyclic esters (lactones) is 2. The van der Waals surface area contributed by atoms with Crippen LogP contribution < -0.4 is 11.5 Å². The van der Waals surface area contributed by atoms with Crippen LogP contribution in [-0.2, 0) is 9.47 Å². The fourth-order valence-corrected chi connectivity index (χ4v) is 2.79. The summed E-state index contributed by atoms with van der Waals surface area (Å²) in [7, 11) is 0. The molecule has 0 unspecified atom stereocenters. The molecule has 8 nitrogen and oxygen atoms in total. The summed E-state index contributed by atoms with van der Waals surface area (Å²) in [5, 5.41) is 0. The second kappa shape index (κ2) is 6.99. The standard InChI is InChI=1S/2C9H10N2O2/c2*1-5-4-13-9(12)6-2-3-7(10)11-8(5)6/h2*2-3,5H,4H2,1H3,(H2,10,11)/t2*5-/m10/s1. The van der Waals surface area contributed by atoms with E-state index in [-0.39, 0.29) is 23.8 Å². The van der Waals surface area contributed by atoms with Crippen molar-refractivity contribution in [2.24, 2.45) is 0 Å². The number of carbonyl (C=O) groups excluding carboxylic acids is 2. The number of nitrogen functional groups attached to an aromatic ring is 2. The van der Waals surface area contributed by atoms with Gasteiger partial charge in [0.1, 0.15) is 11.6 Å². The third-order valence-electron chi connectivity index (χ3n) is 4.19. The molecule has 2 atom stereocenters. The monoisotopic (exact) mass is 356 g/mol. The quantitative estimate of drug-likeness (QED) is 0.684. The molecule has 2 aromatic rings. The molecule has 136 valence electrons. The van der Waals surface area contributed by atoms with Gasteiger partial charge in [-0.2, -0.15) is 0 Å². The fraction of sp³-hybridized carbons (Fsp3) is 0.333. The number of hydrogen-bond acceptors (Lipinski definition) is 8. The Hall–Kier alpha value is -3.16. The molecule has 0 fully saturated rings. The number of anilines is 2. The maximum absolute atomic E-state index is 11.2. The lowest BCUT2D eigenvalue weighted by atomic mass is 10.0. The second-order valence-electron chi connectivity index (χ2n) is 6.34. The minimum absolute atomic E-state index is 0.135. The van der Waals surface area contributed by atoms with E-state index in [2.05, 4.69) is 9.97 Å². The Labute approximate surface area is 150 Å². The van der Waals surface area contributed by atoms with Crippen LogP contribution in [0.1, 0.15) is 57.8 Å². The first kappa shape index (κ1) is 17.7. The number of ether oxygens (including phenoxy) is 2. The second-order valence-corrected chi connectivity index (χ2v) is 6.34. The summed E-state index contributed by atoms with van der Waals surface area (Å²) >= 11 is 0. The molecule has 0 bridgehead atoms. The van der Waals surface area contributed by atoms with Gasteiger partial charge in [0.25, 0.3) is 0 Å². The van der Waals surface area contributed by atoms with Crippen molar-refractivity contribution in [3.05, 3.63) is 46.8 Å². The van der Waals surface area contributed by atoms with E-state index < -0.39 is 0 Å².